The first kappa shape index (κ1) is 12.5. The van der Waals surface area contributed by atoms with Gasteiger partial charge < -0.3 is 14.8 Å². The second-order valence-electron chi connectivity index (χ2n) is 3.91. The number of piperidine rings is 1. The van der Waals surface area contributed by atoms with Crippen molar-refractivity contribution in [3.63, 3.8) is 0 Å². The van der Waals surface area contributed by atoms with Crippen LogP contribution in [0.15, 0.2) is 0 Å². The molecule has 0 aliphatic carbocycles. The molecular formula is C11H21NO3. The Morgan fingerprint density at radius 1 is 1.53 bits per heavy atom. The van der Waals surface area contributed by atoms with Gasteiger partial charge in [-0.05, 0) is 33.2 Å². The van der Waals surface area contributed by atoms with Crippen LogP contribution in [0.2, 0.25) is 0 Å². The topological polar surface area (TPSA) is 47.6 Å². The summed E-state index contributed by atoms with van der Waals surface area (Å²) in [4.78, 5) is 11.6. The summed E-state index contributed by atoms with van der Waals surface area (Å²) in [5.74, 6) is -0.137. The number of nitrogens with one attached hydrogen (secondary N) is 1. The highest BCUT2D eigenvalue weighted by Crippen LogP contribution is 2.09. The van der Waals surface area contributed by atoms with Gasteiger partial charge in [-0.3, -0.25) is 4.79 Å². The van der Waals surface area contributed by atoms with Crippen molar-refractivity contribution in [2.45, 2.75) is 45.3 Å². The monoisotopic (exact) mass is 215 g/mol. The molecule has 0 amide bonds. The first-order valence-electron chi connectivity index (χ1n) is 5.75. The van der Waals surface area contributed by atoms with Gasteiger partial charge >= 0.3 is 5.97 Å². The second-order valence-corrected chi connectivity index (χ2v) is 3.91. The molecule has 0 aromatic heterocycles. The van der Waals surface area contributed by atoms with Crippen LogP contribution in [0, 0.1) is 0 Å². The molecule has 0 radical (unpaired) electrons. The van der Waals surface area contributed by atoms with E-state index in [-0.39, 0.29) is 18.1 Å². The third-order valence-corrected chi connectivity index (χ3v) is 2.47. The lowest BCUT2D eigenvalue weighted by Gasteiger charge is -2.23. The molecule has 1 rings (SSSR count). The number of hydrogen-bond donors (Lipinski definition) is 1. The second kappa shape index (κ2) is 6.80. The summed E-state index contributed by atoms with van der Waals surface area (Å²) in [6.07, 6.45) is 2.99. The van der Waals surface area contributed by atoms with Gasteiger partial charge in [-0.25, -0.2) is 0 Å². The molecule has 0 aromatic carbocycles. The van der Waals surface area contributed by atoms with Crippen molar-refractivity contribution in [3.05, 3.63) is 0 Å². The summed E-state index contributed by atoms with van der Waals surface area (Å²) in [6, 6.07) is -0.108. The van der Waals surface area contributed by atoms with E-state index < -0.39 is 0 Å². The van der Waals surface area contributed by atoms with Gasteiger partial charge in [0.2, 0.25) is 0 Å². The Morgan fingerprint density at radius 3 is 2.93 bits per heavy atom. The van der Waals surface area contributed by atoms with Crippen LogP contribution in [0.1, 0.15) is 33.1 Å². The van der Waals surface area contributed by atoms with E-state index in [2.05, 4.69) is 5.32 Å². The molecule has 1 unspecified atom stereocenters. The number of hydrogen-bond acceptors (Lipinski definition) is 4. The van der Waals surface area contributed by atoms with E-state index in [0.29, 0.717) is 13.2 Å². The molecule has 4 nitrogen and oxygen atoms in total. The Bertz CT molecular complexity index is 190. The SMILES string of the molecule is CCOCC(C)OC(=O)[C@@H]1CCCCN1. The predicted octanol–water partition coefficient (Wildman–Crippen LogP) is 1.10. The van der Waals surface area contributed by atoms with Crippen molar-refractivity contribution in [2.75, 3.05) is 19.8 Å². The quantitative estimate of drug-likeness (QED) is 0.698. The molecule has 1 heterocycles. The van der Waals surface area contributed by atoms with Gasteiger partial charge in [-0.2, -0.15) is 0 Å². The van der Waals surface area contributed by atoms with Gasteiger partial charge in [0.1, 0.15) is 12.1 Å². The third-order valence-electron chi connectivity index (χ3n) is 2.47. The molecule has 4 heteroatoms. The largest absolute Gasteiger partial charge is 0.459 e. The zero-order chi connectivity index (χ0) is 11.1. The van der Waals surface area contributed by atoms with Gasteiger partial charge in [0, 0.05) is 6.61 Å². The molecule has 1 N–H and O–H groups in total. The van der Waals surface area contributed by atoms with Gasteiger partial charge in [0.15, 0.2) is 0 Å². The highest BCUT2D eigenvalue weighted by molar-refractivity contribution is 5.76. The Kier molecular flexibility index (Phi) is 5.65. The minimum atomic E-state index is -0.152. The highest BCUT2D eigenvalue weighted by atomic mass is 16.6. The Labute approximate surface area is 91.3 Å². The third kappa shape index (κ3) is 4.62. The fourth-order valence-electron chi connectivity index (χ4n) is 1.65. The maximum Gasteiger partial charge on any atom is 0.323 e. The van der Waals surface area contributed by atoms with Crippen LogP contribution in [0.4, 0.5) is 0 Å². The standard InChI is InChI=1S/C11H21NO3/c1-3-14-8-9(2)15-11(13)10-6-4-5-7-12-10/h9-10,12H,3-8H2,1-2H3/t9?,10-/m0/s1. The Hall–Kier alpha value is -0.610. The summed E-state index contributed by atoms with van der Waals surface area (Å²) < 4.78 is 10.5. The first-order valence-corrected chi connectivity index (χ1v) is 5.75. The van der Waals surface area contributed by atoms with Gasteiger partial charge in [0.25, 0.3) is 0 Å². The maximum absolute atomic E-state index is 11.6. The Balaban J connectivity index is 2.21. The minimum Gasteiger partial charge on any atom is -0.459 e. The average molecular weight is 215 g/mol. The van der Waals surface area contributed by atoms with E-state index in [9.17, 15) is 4.79 Å². The van der Waals surface area contributed by atoms with Crippen molar-refractivity contribution < 1.29 is 14.3 Å². The van der Waals surface area contributed by atoms with Crippen LogP contribution in [0.25, 0.3) is 0 Å². The highest BCUT2D eigenvalue weighted by Gasteiger charge is 2.23. The zero-order valence-corrected chi connectivity index (χ0v) is 9.62. The summed E-state index contributed by atoms with van der Waals surface area (Å²) in [6.45, 7) is 5.84. The summed E-state index contributed by atoms with van der Waals surface area (Å²) in [5.41, 5.74) is 0. The maximum atomic E-state index is 11.6. The van der Waals surface area contributed by atoms with Crippen molar-refractivity contribution >= 4 is 5.97 Å². The molecule has 0 saturated carbocycles. The minimum absolute atomic E-state index is 0.108. The number of ether oxygens (including phenoxy) is 2. The van der Waals surface area contributed by atoms with E-state index in [4.69, 9.17) is 9.47 Å². The van der Waals surface area contributed by atoms with Crippen molar-refractivity contribution in [3.8, 4) is 0 Å². The fraction of sp³-hybridized carbons (Fsp3) is 0.909. The normalized spacial score (nSPS) is 23.5. The van der Waals surface area contributed by atoms with E-state index in [1.54, 1.807) is 0 Å². The van der Waals surface area contributed by atoms with Crippen LogP contribution in [-0.4, -0.2) is 37.9 Å². The van der Waals surface area contributed by atoms with E-state index >= 15 is 0 Å². The molecule has 1 aliphatic rings. The molecule has 1 aliphatic heterocycles. The lowest BCUT2D eigenvalue weighted by atomic mass is 10.1. The van der Waals surface area contributed by atoms with Crippen LogP contribution < -0.4 is 5.32 Å². The van der Waals surface area contributed by atoms with Gasteiger partial charge in [-0.15, -0.1) is 0 Å². The predicted molar refractivity (Wildman–Crippen MR) is 57.7 cm³/mol. The molecule has 1 saturated heterocycles. The summed E-state index contributed by atoms with van der Waals surface area (Å²) in [7, 11) is 0. The molecule has 0 bridgehead atoms. The molecule has 0 aromatic rings. The van der Waals surface area contributed by atoms with E-state index in [0.717, 1.165) is 25.8 Å². The van der Waals surface area contributed by atoms with Crippen molar-refractivity contribution in [1.82, 2.24) is 5.32 Å². The van der Waals surface area contributed by atoms with Crippen molar-refractivity contribution in [2.24, 2.45) is 0 Å². The van der Waals surface area contributed by atoms with E-state index in [1.165, 1.54) is 0 Å². The summed E-state index contributed by atoms with van der Waals surface area (Å²) in [5, 5.41) is 3.16. The zero-order valence-electron chi connectivity index (χ0n) is 9.62. The lowest BCUT2D eigenvalue weighted by Crippen LogP contribution is -2.42. The van der Waals surface area contributed by atoms with Crippen LogP contribution >= 0.6 is 0 Å². The van der Waals surface area contributed by atoms with Crippen LogP contribution in [0.3, 0.4) is 0 Å². The number of carbonyl (C=O) groups excluding carboxylic acids is 1. The molecule has 2 atom stereocenters. The summed E-state index contributed by atoms with van der Waals surface area (Å²) >= 11 is 0. The van der Waals surface area contributed by atoms with Gasteiger partial charge in [-0.1, -0.05) is 6.42 Å². The molecule has 1 fully saturated rings. The first-order chi connectivity index (χ1) is 7.24. The molecule has 88 valence electrons. The smallest absolute Gasteiger partial charge is 0.323 e. The average Bonchev–Trinajstić information content (AvgIpc) is 2.27. The lowest BCUT2D eigenvalue weighted by molar-refractivity contribution is -0.154. The number of rotatable bonds is 5. The molecular weight excluding hydrogens is 194 g/mol. The van der Waals surface area contributed by atoms with Crippen LogP contribution in [0.5, 0.6) is 0 Å². The van der Waals surface area contributed by atoms with E-state index in [1.807, 2.05) is 13.8 Å². The molecule has 0 spiro atoms. The molecule has 15 heavy (non-hydrogen) atoms. The Morgan fingerprint density at radius 2 is 2.33 bits per heavy atom. The number of esters is 1. The van der Waals surface area contributed by atoms with Crippen molar-refractivity contribution in [1.29, 1.82) is 0 Å². The van der Waals surface area contributed by atoms with Gasteiger partial charge in [0.05, 0.1) is 6.61 Å². The fourth-order valence-corrected chi connectivity index (χ4v) is 1.65. The van der Waals surface area contributed by atoms with Crippen LogP contribution in [-0.2, 0) is 14.3 Å². The number of carbonyl (C=O) groups is 1.